The summed E-state index contributed by atoms with van der Waals surface area (Å²) in [4.78, 5) is 2.49. The maximum absolute atomic E-state index is 6.42. The molecule has 0 spiro atoms. The number of para-hydroxylation sites is 2. The van der Waals surface area contributed by atoms with Crippen LogP contribution in [-0.2, 0) is 0 Å². The fraction of sp³-hybridized carbons (Fsp3) is 0. The summed E-state index contributed by atoms with van der Waals surface area (Å²) in [5.41, 5.74) is 7.76. The quantitative estimate of drug-likeness (QED) is 0.117. The number of benzene rings is 8. The topological polar surface area (TPSA) is 18.1 Å². The second-order valence-electron chi connectivity index (χ2n) is 14.5. The van der Waals surface area contributed by atoms with Crippen molar-refractivity contribution < 1.29 is 4.42 Å². The van der Waals surface area contributed by atoms with Crippen molar-refractivity contribution in [2.75, 3.05) is 0 Å². The number of hydrogen-bond acceptors (Lipinski definition) is 2. The second kappa shape index (κ2) is 13.2. The van der Waals surface area contributed by atoms with Crippen LogP contribution in [0.5, 0.6) is 0 Å². The highest BCUT2D eigenvalue weighted by Crippen LogP contribution is 2.39. The molecule has 0 aliphatic heterocycles. The molecule has 0 N–H and O–H groups in total. The maximum atomic E-state index is 6.42. The van der Waals surface area contributed by atoms with Crippen molar-refractivity contribution in [2.24, 2.45) is 0 Å². The van der Waals surface area contributed by atoms with Gasteiger partial charge in [0.25, 0.3) is 0 Å². The molecule has 0 aliphatic rings. The molecule has 3 aromatic heterocycles. The minimum absolute atomic E-state index is 0.897. The summed E-state index contributed by atoms with van der Waals surface area (Å²) < 4.78 is 8.79. The molecule has 3 heterocycles. The predicted octanol–water partition coefficient (Wildman–Crippen LogP) is 11.5. The van der Waals surface area contributed by atoms with Crippen LogP contribution in [0.25, 0.3) is 70.3 Å². The highest BCUT2D eigenvalue weighted by molar-refractivity contribution is 7.20. The predicted molar refractivity (Wildman–Crippen MR) is 240 cm³/mol. The van der Waals surface area contributed by atoms with Crippen molar-refractivity contribution in [3.63, 3.8) is 0 Å². The fourth-order valence-corrected chi connectivity index (χ4v) is 14.7. The average Bonchev–Trinajstić information content (AvgIpc) is 4.00. The Bertz CT molecular complexity index is 3050. The van der Waals surface area contributed by atoms with Crippen LogP contribution in [0.2, 0.25) is 0 Å². The fourth-order valence-electron chi connectivity index (χ4n) is 8.88. The molecule has 0 amide bonds. The summed E-state index contributed by atoms with van der Waals surface area (Å²) in [5, 5.41) is 10.3. The average molecular weight is 750 g/mol. The Balaban J connectivity index is 1.01. The van der Waals surface area contributed by atoms with Crippen LogP contribution >= 0.6 is 11.3 Å². The number of rotatable bonds is 7. The van der Waals surface area contributed by atoms with E-state index in [2.05, 4.69) is 217 Å². The Morgan fingerprint density at radius 3 is 1.43 bits per heavy atom. The molecule has 2 nitrogen and oxygen atoms in total. The molecule has 8 aromatic carbocycles. The van der Waals surface area contributed by atoms with Gasteiger partial charge in [-0.3, -0.25) is 0 Å². The highest BCUT2D eigenvalue weighted by atomic mass is 32.1. The third-order valence-electron chi connectivity index (χ3n) is 11.4. The van der Waals surface area contributed by atoms with Crippen LogP contribution in [0.4, 0.5) is 0 Å². The number of furan rings is 1. The van der Waals surface area contributed by atoms with Gasteiger partial charge >= 0.3 is 0 Å². The largest absolute Gasteiger partial charge is 0.456 e. The van der Waals surface area contributed by atoms with Gasteiger partial charge in [0.1, 0.15) is 11.2 Å². The van der Waals surface area contributed by atoms with E-state index in [1.807, 2.05) is 11.3 Å². The van der Waals surface area contributed by atoms with Gasteiger partial charge in [-0.2, -0.15) is 0 Å². The van der Waals surface area contributed by atoms with Gasteiger partial charge in [0.2, 0.25) is 0 Å². The zero-order chi connectivity index (χ0) is 37.1. The summed E-state index contributed by atoms with van der Waals surface area (Å²) in [6, 6.07) is 77.8. The van der Waals surface area contributed by atoms with Gasteiger partial charge < -0.3 is 8.98 Å². The van der Waals surface area contributed by atoms with E-state index in [9.17, 15) is 0 Å². The van der Waals surface area contributed by atoms with E-state index >= 15 is 0 Å². The molecule has 0 fully saturated rings. The first-order valence-corrected chi connectivity index (χ1v) is 21.9. The van der Waals surface area contributed by atoms with Crippen molar-refractivity contribution in [3.05, 3.63) is 212 Å². The molecule has 0 atom stereocenters. The van der Waals surface area contributed by atoms with Crippen molar-refractivity contribution in [2.45, 2.75) is 0 Å². The summed E-state index contributed by atoms with van der Waals surface area (Å²) in [7, 11) is -2.63. The van der Waals surface area contributed by atoms with E-state index in [-0.39, 0.29) is 0 Å². The van der Waals surface area contributed by atoms with Crippen molar-refractivity contribution in [1.82, 2.24) is 4.57 Å². The summed E-state index contributed by atoms with van der Waals surface area (Å²) >= 11 is 1.85. The lowest BCUT2D eigenvalue weighted by molar-refractivity contribution is 0.669. The van der Waals surface area contributed by atoms with Crippen molar-refractivity contribution >= 4 is 83.9 Å². The first kappa shape index (κ1) is 32.7. The molecule has 0 bridgehead atoms. The van der Waals surface area contributed by atoms with Gasteiger partial charge in [-0.1, -0.05) is 152 Å². The van der Waals surface area contributed by atoms with Gasteiger partial charge in [0.05, 0.1) is 11.0 Å². The van der Waals surface area contributed by atoms with E-state index in [4.69, 9.17) is 4.42 Å². The molecule has 264 valence electrons. The third-order valence-corrected chi connectivity index (χ3v) is 17.3. The van der Waals surface area contributed by atoms with E-state index < -0.39 is 8.07 Å². The van der Waals surface area contributed by atoms with Gasteiger partial charge in [0, 0.05) is 37.0 Å². The monoisotopic (exact) mass is 749 g/mol. The molecular weight excluding hydrogens is 715 g/mol. The standard InChI is InChI=1S/C52H35NOSSi/c1-4-16-39(17-5-1)56(40-18-6-2-7-19-40,41-20-8-3-9-21-41)42-22-14-15-36(33-42)51-31-32-52(55-51)37-27-29-49-45(34-37)46-35-38(28-30-50(46)54-49)53-47-25-12-10-23-43(47)44-24-11-13-26-48(44)53/h1-35H. The van der Waals surface area contributed by atoms with Crippen LogP contribution in [0.1, 0.15) is 0 Å². The summed E-state index contributed by atoms with van der Waals surface area (Å²) in [6.07, 6.45) is 0. The molecule has 0 unspecified atom stereocenters. The Labute approximate surface area is 330 Å². The van der Waals surface area contributed by atoms with Crippen LogP contribution < -0.4 is 20.7 Å². The molecular formula is C52H35NOSSi. The lowest BCUT2D eigenvalue weighted by Crippen LogP contribution is -2.74. The highest BCUT2D eigenvalue weighted by Gasteiger charge is 2.41. The zero-order valence-electron chi connectivity index (χ0n) is 30.5. The van der Waals surface area contributed by atoms with E-state index in [0.29, 0.717) is 0 Å². The van der Waals surface area contributed by atoms with E-state index in [1.54, 1.807) is 0 Å². The molecule has 0 saturated heterocycles. The Hall–Kier alpha value is -6.72. The minimum atomic E-state index is -2.63. The third kappa shape index (κ3) is 5.15. The molecule has 4 heteroatoms. The van der Waals surface area contributed by atoms with Crippen molar-refractivity contribution in [3.8, 4) is 26.6 Å². The zero-order valence-corrected chi connectivity index (χ0v) is 32.3. The Morgan fingerprint density at radius 2 is 0.839 bits per heavy atom. The summed E-state index contributed by atoms with van der Waals surface area (Å²) in [6.45, 7) is 0. The SMILES string of the molecule is c1ccc([Si](c2ccccc2)(c2ccccc2)c2cccc(-c3ccc(-c4ccc5oc6ccc(-n7c8ccccc8c8ccccc87)cc6c5c4)s3)c2)cc1. The Kier molecular flexibility index (Phi) is 7.73. The first-order chi connectivity index (χ1) is 27.8. The van der Waals surface area contributed by atoms with Crippen LogP contribution in [0, 0.1) is 0 Å². The summed E-state index contributed by atoms with van der Waals surface area (Å²) in [5.74, 6) is 0. The van der Waals surface area contributed by atoms with Crippen LogP contribution in [0.15, 0.2) is 217 Å². The normalized spacial score (nSPS) is 11.9. The van der Waals surface area contributed by atoms with Gasteiger partial charge in [-0.15, -0.1) is 11.3 Å². The smallest absolute Gasteiger partial charge is 0.179 e. The van der Waals surface area contributed by atoms with Crippen LogP contribution in [-0.4, -0.2) is 12.6 Å². The number of aromatic nitrogens is 1. The minimum Gasteiger partial charge on any atom is -0.456 e. The molecule has 11 aromatic rings. The lowest BCUT2D eigenvalue weighted by Gasteiger charge is -2.34. The van der Waals surface area contributed by atoms with E-state index in [0.717, 1.165) is 27.6 Å². The maximum Gasteiger partial charge on any atom is 0.179 e. The van der Waals surface area contributed by atoms with Crippen molar-refractivity contribution in [1.29, 1.82) is 0 Å². The van der Waals surface area contributed by atoms with Gasteiger partial charge in [0.15, 0.2) is 8.07 Å². The number of nitrogens with zero attached hydrogens (tertiary/aromatic N) is 1. The van der Waals surface area contributed by atoms with E-state index in [1.165, 1.54) is 63.4 Å². The first-order valence-electron chi connectivity index (χ1n) is 19.1. The Morgan fingerprint density at radius 1 is 0.357 bits per heavy atom. The van der Waals surface area contributed by atoms with Gasteiger partial charge in [-0.25, -0.2) is 0 Å². The number of hydrogen-bond donors (Lipinski definition) is 0. The molecule has 56 heavy (non-hydrogen) atoms. The van der Waals surface area contributed by atoms with Crippen LogP contribution in [0.3, 0.4) is 0 Å². The number of thiophene rings is 1. The number of fused-ring (bicyclic) bond motifs is 6. The molecule has 0 aliphatic carbocycles. The molecule has 0 radical (unpaired) electrons. The van der Waals surface area contributed by atoms with Gasteiger partial charge in [-0.05, 0) is 92.5 Å². The molecule has 11 rings (SSSR count). The second-order valence-corrected chi connectivity index (χ2v) is 19.3. The lowest BCUT2D eigenvalue weighted by atomic mass is 10.1. The molecule has 0 saturated carbocycles.